The highest BCUT2D eigenvalue weighted by Gasteiger charge is 2.34. The van der Waals surface area contributed by atoms with Crippen LogP contribution in [0.25, 0.3) is 11.0 Å². The summed E-state index contributed by atoms with van der Waals surface area (Å²) in [5.41, 5.74) is 2.23. The van der Waals surface area contributed by atoms with Crippen LogP contribution in [0, 0.1) is 6.92 Å². The topological polar surface area (TPSA) is 74.1 Å². The minimum Gasteiger partial charge on any atom is -0.423 e. The third-order valence-corrected chi connectivity index (χ3v) is 8.53. The first kappa shape index (κ1) is 21.5. The van der Waals surface area contributed by atoms with Crippen molar-refractivity contribution in [1.29, 1.82) is 0 Å². The summed E-state index contributed by atoms with van der Waals surface area (Å²) in [5.74, 6) is 0. The van der Waals surface area contributed by atoms with Crippen molar-refractivity contribution < 1.29 is 12.8 Å². The van der Waals surface area contributed by atoms with Gasteiger partial charge in [-0.2, -0.15) is 17.0 Å². The molecule has 1 aromatic heterocycles. The average molecular weight is 434 g/mol. The maximum absolute atomic E-state index is 13.1. The fraction of sp³-hybridized carbons (Fsp3) is 0.591. The molecule has 1 aliphatic carbocycles. The molecule has 0 bridgehead atoms. The van der Waals surface area contributed by atoms with Crippen LogP contribution in [0.2, 0.25) is 0 Å². The second kappa shape index (κ2) is 8.78. The number of hydrogen-bond donors (Lipinski definition) is 0. The van der Waals surface area contributed by atoms with Gasteiger partial charge in [-0.15, -0.1) is 0 Å². The summed E-state index contributed by atoms with van der Waals surface area (Å²) in [4.78, 5) is 14.2. The van der Waals surface area contributed by atoms with Gasteiger partial charge in [0.25, 0.3) is 10.2 Å². The summed E-state index contributed by atoms with van der Waals surface area (Å²) in [7, 11) is -1.70. The second-order valence-corrected chi connectivity index (χ2v) is 10.6. The van der Waals surface area contributed by atoms with Gasteiger partial charge >= 0.3 is 5.63 Å². The maximum atomic E-state index is 13.1. The molecule has 0 amide bonds. The molecule has 1 aliphatic heterocycles. The first-order valence-electron chi connectivity index (χ1n) is 10.8. The molecular formula is C22H31N3O4S. The highest BCUT2D eigenvalue weighted by atomic mass is 32.2. The quantitative estimate of drug-likeness (QED) is 0.678. The van der Waals surface area contributed by atoms with Crippen molar-refractivity contribution in [2.24, 2.45) is 0 Å². The Morgan fingerprint density at radius 3 is 2.47 bits per heavy atom. The van der Waals surface area contributed by atoms with Gasteiger partial charge in [0.1, 0.15) is 5.58 Å². The number of hydrogen-bond acceptors (Lipinski definition) is 5. The Bertz CT molecular complexity index is 1050. The molecule has 0 unspecified atom stereocenters. The number of nitrogens with zero attached hydrogens (tertiary/aromatic N) is 3. The zero-order valence-electron chi connectivity index (χ0n) is 17.8. The number of benzene rings is 1. The molecule has 0 radical (unpaired) electrons. The van der Waals surface area contributed by atoms with E-state index in [1.54, 1.807) is 21.7 Å². The van der Waals surface area contributed by atoms with Crippen LogP contribution in [-0.2, 0) is 16.8 Å². The van der Waals surface area contributed by atoms with E-state index >= 15 is 0 Å². The van der Waals surface area contributed by atoms with Crippen LogP contribution < -0.4 is 5.63 Å². The van der Waals surface area contributed by atoms with Crippen LogP contribution in [0.1, 0.15) is 43.2 Å². The van der Waals surface area contributed by atoms with Gasteiger partial charge in [0.15, 0.2) is 0 Å². The Kier molecular flexibility index (Phi) is 6.29. The molecule has 8 heteroatoms. The number of piperazine rings is 1. The van der Waals surface area contributed by atoms with Crippen molar-refractivity contribution in [3.05, 3.63) is 45.8 Å². The molecular weight excluding hydrogens is 402 g/mol. The van der Waals surface area contributed by atoms with E-state index in [0.29, 0.717) is 38.3 Å². The predicted octanol–water partition coefficient (Wildman–Crippen LogP) is 2.73. The Morgan fingerprint density at radius 2 is 1.77 bits per heavy atom. The van der Waals surface area contributed by atoms with Crippen molar-refractivity contribution in [2.45, 2.75) is 51.6 Å². The smallest absolute Gasteiger partial charge is 0.336 e. The molecule has 0 N–H and O–H groups in total. The summed E-state index contributed by atoms with van der Waals surface area (Å²) in [6.45, 7) is 4.81. The molecule has 164 valence electrons. The summed E-state index contributed by atoms with van der Waals surface area (Å²) in [6, 6.07) is 7.56. The van der Waals surface area contributed by atoms with Crippen LogP contribution in [0.15, 0.2) is 33.5 Å². The third-order valence-electron chi connectivity index (χ3n) is 6.49. The lowest BCUT2D eigenvalue weighted by Crippen LogP contribution is -2.54. The van der Waals surface area contributed by atoms with E-state index in [2.05, 4.69) is 4.90 Å². The minimum absolute atomic E-state index is 0.125. The highest BCUT2D eigenvalue weighted by molar-refractivity contribution is 7.86. The lowest BCUT2D eigenvalue weighted by molar-refractivity contribution is 0.170. The monoisotopic (exact) mass is 433 g/mol. The molecule has 2 aromatic rings. The Morgan fingerprint density at radius 1 is 1.07 bits per heavy atom. The molecule has 0 atom stereocenters. The summed E-state index contributed by atoms with van der Waals surface area (Å²) in [6.07, 6.45) is 5.33. The summed E-state index contributed by atoms with van der Waals surface area (Å²) >= 11 is 0. The van der Waals surface area contributed by atoms with Gasteiger partial charge in [0, 0.05) is 57.3 Å². The van der Waals surface area contributed by atoms with E-state index in [1.807, 2.05) is 25.1 Å². The highest BCUT2D eigenvalue weighted by Crippen LogP contribution is 2.26. The number of fused-ring (bicyclic) bond motifs is 1. The predicted molar refractivity (Wildman–Crippen MR) is 118 cm³/mol. The first-order chi connectivity index (χ1) is 14.3. The van der Waals surface area contributed by atoms with E-state index < -0.39 is 10.2 Å². The van der Waals surface area contributed by atoms with E-state index in [0.717, 1.165) is 42.2 Å². The molecule has 1 saturated heterocycles. The zero-order valence-corrected chi connectivity index (χ0v) is 18.7. The molecule has 1 aromatic carbocycles. The van der Waals surface area contributed by atoms with Gasteiger partial charge < -0.3 is 4.42 Å². The van der Waals surface area contributed by atoms with Crippen LogP contribution in [0.4, 0.5) is 0 Å². The van der Waals surface area contributed by atoms with Gasteiger partial charge in [0.05, 0.1) is 0 Å². The minimum atomic E-state index is -3.43. The van der Waals surface area contributed by atoms with Crippen LogP contribution in [0.5, 0.6) is 0 Å². The summed E-state index contributed by atoms with van der Waals surface area (Å²) in [5, 5.41) is 0.937. The molecule has 2 aliphatic rings. The van der Waals surface area contributed by atoms with Gasteiger partial charge in [0.2, 0.25) is 0 Å². The summed E-state index contributed by atoms with van der Waals surface area (Å²) < 4.78 is 34.7. The molecule has 2 heterocycles. The fourth-order valence-corrected chi connectivity index (χ4v) is 6.22. The lowest BCUT2D eigenvalue weighted by atomic mass is 9.96. The van der Waals surface area contributed by atoms with Crippen molar-refractivity contribution in [2.75, 3.05) is 33.2 Å². The lowest BCUT2D eigenvalue weighted by Gasteiger charge is -2.38. The largest absolute Gasteiger partial charge is 0.423 e. The second-order valence-electron chi connectivity index (χ2n) is 8.58. The molecule has 4 rings (SSSR count). The Hall–Kier alpha value is -1.74. The number of rotatable bonds is 5. The molecule has 0 spiro atoms. The van der Waals surface area contributed by atoms with E-state index in [4.69, 9.17) is 4.42 Å². The van der Waals surface area contributed by atoms with Crippen LogP contribution in [-0.4, -0.2) is 61.2 Å². The van der Waals surface area contributed by atoms with E-state index in [9.17, 15) is 13.2 Å². The van der Waals surface area contributed by atoms with Crippen molar-refractivity contribution in [1.82, 2.24) is 13.5 Å². The Labute approximate surface area is 178 Å². The zero-order chi connectivity index (χ0) is 21.3. The van der Waals surface area contributed by atoms with Crippen molar-refractivity contribution in [3.8, 4) is 0 Å². The third kappa shape index (κ3) is 4.46. The van der Waals surface area contributed by atoms with Gasteiger partial charge in [-0.1, -0.05) is 31.4 Å². The SMILES string of the molecule is Cc1ccc2c(CN3CCN(S(=O)(=O)N(C)C4CCCCC4)CC3)cc(=O)oc2c1. The average Bonchev–Trinajstić information content (AvgIpc) is 2.73. The Balaban J connectivity index is 1.43. The van der Waals surface area contributed by atoms with E-state index in [1.165, 1.54) is 6.42 Å². The molecule has 2 fully saturated rings. The van der Waals surface area contributed by atoms with Gasteiger partial charge in [-0.3, -0.25) is 4.90 Å². The standard InChI is InChI=1S/C22H31N3O4S/c1-17-8-9-20-18(15-22(26)29-21(20)14-17)16-24-10-12-25(13-11-24)30(27,28)23(2)19-6-4-3-5-7-19/h8-9,14-15,19H,3-7,10-13,16H2,1-2H3. The first-order valence-corrected chi connectivity index (χ1v) is 12.2. The van der Waals surface area contributed by atoms with Crippen molar-refractivity contribution in [3.63, 3.8) is 0 Å². The van der Waals surface area contributed by atoms with E-state index in [-0.39, 0.29) is 11.7 Å². The fourth-order valence-electron chi connectivity index (χ4n) is 4.64. The van der Waals surface area contributed by atoms with Crippen molar-refractivity contribution >= 4 is 21.2 Å². The molecule has 1 saturated carbocycles. The number of aryl methyl sites for hydroxylation is 1. The van der Waals surface area contributed by atoms with Gasteiger partial charge in [-0.25, -0.2) is 4.79 Å². The molecule has 7 nitrogen and oxygen atoms in total. The van der Waals surface area contributed by atoms with Crippen LogP contribution in [0.3, 0.4) is 0 Å². The molecule has 30 heavy (non-hydrogen) atoms. The van der Waals surface area contributed by atoms with Crippen LogP contribution >= 0.6 is 0 Å². The normalized spacial score (nSPS) is 20.2. The maximum Gasteiger partial charge on any atom is 0.336 e. The van der Waals surface area contributed by atoms with Gasteiger partial charge in [-0.05, 0) is 37.0 Å².